The van der Waals surface area contributed by atoms with Crippen molar-refractivity contribution in [1.82, 2.24) is 5.32 Å². The molecule has 1 rings (SSSR count). The van der Waals surface area contributed by atoms with Gasteiger partial charge in [-0.2, -0.15) is 0 Å². The van der Waals surface area contributed by atoms with Gasteiger partial charge in [-0.05, 0) is 25.3 Å². The maximum Gasteiger partial charge on any atom is 0.339 e. The Morgan fingerprint density at radius 3 is 2.50 bits per heavy atom. The molecule has 0 bridgehead atoms. The number of amides is 1. The quantitative estimate of drug-likeness (QED) is 0.805. The normalized spacial score (nSPS) is 12.4. The van der Waals surface area contributed by atoms with Crippen LogP contribution in [0.5, 0.6) is 0 Å². The molecule has 0 aliphatic carbocycles. The standard InChI is InChI=1S/C15H23NO4/c1-5-6-12(9(2)3)14(17)16-8-11-7-13(15(18)19)10(4)20-11/h7,9,12H,5-6,8H2,1-4H3,(H,16,17)(H,18,19). The van der Waals surface area contributed by atoms with Gasteiger partial charge in [0.1, 0.15) is 17.1 Å². The van der Waals surface area contributed by atoms with Gasteiger partial charge in [-0.25, -0.2) is 4.79 Å². The molecule has 0 fully saturated rings. The predicted octanol–water partition coefficient (Wildman–Crippen LogP) is 2.97. The molecular formula is C15H23NO4. The summed E-state index contributed by atoms with van der Waals surface area (Å²) in [5, 5.41) is 11.8. The van der Waals surface area contributed by atoms with E-state index in [1.807, 2.05) is 13.8 Å². The maximum atomic E-state index is 12.1. The van der Waals surface area contributed by atoms with Crippen LogP contribution in [-0.4, -0.2) is 17.0 Å². The number of carboxylic acid groups (broad SMARTS) is 1. The first-order valence-corrected chi connectivity index (χ1v) is 6.97. The molecule has 1 amide bonds. The maximum absolute atomic E-state index is 12.1. The van der Waals surface area contributed by atoms with E-state index in [9.17, 15) is 9.59 Å². The molecule has 112 valence electrons. The zero-order valence-electron chi connectivity index (χ0n) is 12.5. The van der Waals surface area contributed by atoms with E-state index in [4.69, 9.17) is 9.52 Å². The Labute approximate surface area is 119 Å². The summed E-state index contributed by atoms with van der Waals surface area (Å²) in [6, 6.07) is 1.46. The van der Waals surface area contributed by atoms with Crippen molar-refractivity contribution >= 4 is 11.9 Å². The van der Waals surface area contributed by atoms with E-state index in [2.05, 4.69) is 12.2 Å². The fourth-order valence-electron chi connectivity index (χ4n) is 2.23. The van der Waals surface area contributed by atoms with Crippen molar-refractivity contribution in [2.45, 2.75) is 47.1 Å². The van der Waals surface area contributed by atoms with E-state index in [0.29, 0.717) is 11.5 Å². The number of hydrogen-bond donors (Lipinski definition) is 2. The van der Waals surface area contributed by atoms with Gasteiger partial charge in [0.2, 0.25) is 5.91 Å². The van der Waals surface area contributed by atoms with E-state index in [1.165, 1.54) is 6.07 Å². The summed E-state index contributed by atoms with van der Waals surface area (Å²) >= 11 is 0. The summed E-state index contributed by atoms with van der Waals surface area (Å²) in [6.45, 7) is 7.93. The third-order valence-corrected chi connectivity index (χ3v) is 3.38. The molecule has 2 N–H and O–H groups in total. The minimum absolute atomic E-state index is 0.00669. The fourth-order valence-corrected chi connectivity index (χ4v) is 2.23. The highest BCUT2D eigenvalue weighted by Crippen LogP contribution is 2.18. The molecule has 0 aliphatic heterocycles. The zero-order valence-corrected chi connectivity index (χ0v) is 12.5. The second kappa shape index (κ2) is 7.12. The van der Waals surface area contributed by atoms with Gasteiger partial charge in [-0.3, -0.25) is 4.79 Å². The molecule has 0 spiro atoms. The van der Waals surface area contributed by atoms with Crippen molar-refractivity contribution in [2.75, 3.05) is 0 Å². The van der Waals surface area contributed by atoms with Crippen molar-refractivity contribution in [3.63, 3.8) is 0 Å². The molecule has 1 aromatic heterocycles. The SMILES string of the molecule is CCCC(C(=O)NCc1cc(C(=O)O)c(C)o1)C(C)C. The van der Waals surface area contributed by atoms with Crippen LogP contribution in [0, 0.1) is 18.8 Å². The number of rotatable bonds is 7. The molecule has 0 radical (unpaired) electrons. The van der Waals surface area contributed by atoms with E-state index < -0.39 is 5.97 Å². The molecule has 0 aromatic carbocycles. The van der Waals surface area contributed by atoms with Crippen molar-refractivity contribution < 1.29 is 19.1 Å². The Morgan fingerprint density at radius 2 is 2.05 bits per heavy atom. The van der Waals surface area contributed by atoms with Crippen LogP contribution in [-0.2, 0) is 11.3 Å². The third kappa shape index (κ3) is 4.11. The Kier molecular flexibility index (Phi) is 5.80. The number of nitrogens with one attached hydrogen (secondary N) is 1. The summed E-state index contributed by atoms with van der Waals surface area (Å²) in [5.74, 6) is 0.0588. The van der Waals surface area contributed by atoms with Gasteiger partial charge in [0.25, 0.3) is 0 Å². The van der Waals surface area contributed by atoms with Gasteiger partial charge in [0, 0.05) is 5.92 Å². The van der Waals surface area contributed by atoms with Gasteiger partial charge in [-0.15, -0.1) is 0 Å². The van der Waals surface area contributed by atoms with E-state index in [1.54, 1.807) is 6.92 Å². The first-order valence-electron chi connectivity index (χ1n) is 6.97. The van der Waals surface area contributed by atoms with Gasteiger partial charge >= 0.3 is 5.97 Å². The average molecular weight is 281 g/mol. The van der Waals surface area contributed by atoms with Crippen molar-refractivity contribution in [2.24, 2.45) is 11.8 Å². The molecule has 0 aliphatic rings. The van der Waals surface area contributed by atoms with E-state index in [0.717, 1.165) is 12.8 Å². The molecule has 1 heterocycles. The van der Waals surface area contributed by atoms with E-state index >= 15 is 0 Å². The van der Waals surface area contributed by atoms with Crippen molar-refractivity contribution in [3.8, 4) is 0 Å². The lowest BCUT2D eigenvalue weighted by Crippen LogP contribution is -2.33. The lowest BCUT2D eigenvalue weighted by Gasteiger charge is -2.19. The summed E-state index contributed by atoms with van der Waals surface area (Å²) in [5.41, 5.74) is 0.142. The van der Waals surface area contributed by atoms with Gasteiger partial charge in [0.05, 0.1) is 6.54 Å². The minimum atomic E-state index is -1.02. The van der Waals surface area contributed by atoms with Crippen LogP contribution in [0.3, 0.4) is 0 Å². The third-order valence-electron chi connectivity index (χ3n) is 3.38. The summed E-state index contributed by atoms with van der Waals surface area (Å²) < 4.78 is 5.33. The van der Waals surface area contributed by atoms with Crippen LogP contribution in [0.15, 0.2) is 10.5 Å². The molecule has 0 saturated carbocycles. The van der Waals surface area contributed by atoms with Gasteiger partial charge < -0.3 is 14.8 Å². The first-order chi connectivity index (χ1) is 9.36. The van der Waals surface area contributed by atoms with E-state index in [-0.39, 0.29) is 29.9 Å². The van der Waals surface area contributed by atoms with Gasteiger partial charge in [-0.1, -0.05) is 27.2 Å². The summed E-state index contributed by atoms with van der Waals surface area (Å²) in [7, 11) is 0. The van der Waals surface area contributed by atoms with Crippen LogP contribution in [0.25, 0.3) is 0 Å². The topological polar surface area (TPSA) is 79.5 Å². The molecule has 5 nitrogen and oxygen atoms in total. The molecular weight excluding hydrogens is 258 g/mol. The highest BCUT2D eigenvalue weighted by atomic mass is 16.4. The Balaban J connectivity index is 2.64. The number of aryl methyl sites for hydroxylation is 1. The number of carbonyl (C=O) groups excluding carboxylic acids is 1. The number of carboxylic acids is 1. The number of furan rings is 1. The Morgan fingerprint density at radius 1 is 1.40 bits per heavy atom. The van der Waals surface area contributed by atoms with Crippen LogP contribution >= 0.6 is 0 Å². The minimum Gasteiger partial charge on any atom is -0.478 e. The molecule has 20 heavy (non-hydrogen) atoms. The molecule has 1 atom stereocenters. The second-order valence-corrected chi connectivity index (χ2v) is 5.34. The summed E-state index contributed by atoms with van der Waals surface area (Å²) in [4.78, 5) is 23.0. The van der Waals surface area contributed by atoms with Crippen LogP contribution < -0.4 is 5.32 Å². The molecule has 1 unspecified atom stereocenters. The number of hydrogen-bond acceptors (Lipinski definition) is 3. The second-order valence-electron chi connectivity index (χ2n) is 5.34. The molecule has 5 heteroatoms. The van der Waals surface area contributed by atoms with Crippen LogP contribution in [0.1, 0.15) is 55.5 Å². The Bertz CT molecular complexity index is 476. The molecule has 1 aromatic rings. The molecule has 0 saturated heterocycles. The Hall–Kier alpha value is -1.78. The van der Waals surface area contributed by atoms with Crippen LogP contribution in [0.4, 0.5) is 0 Å². The predicted molar refractivity (Wildman–Crippen MR) is 75.5 cm³/mol. The van der Waals surface area contributed by atoms with Crippen LogP contribution in [0.2, 0.25) is 0 Å². The lowest BCUT2D eigenvalue weighted by atomic mass is 9.90. The monoisotopic (exact) mass is 281 g/mol. The van der Waals surface area contributed by atoms with Crippen molar-refractivity contribution in [1.29, 1.82) is 0 Å². The van der Waals surface area contributed by atoms with Crippen molar-refractivity contribution in [3.05, 3.63) is 23.2 Å². The largest absolute Gasteiger partial charge is 0.478 e. The number of carbonyl (C=O) groups is 2. The smallest absolute Gasteiger partial charge is 0.339 e. The average Bonchev–Trinajstić information content (AvgIpc) is 2.74. The number of aromatic carboxylic acids is 1. The zero-order chi connectivity index (χ0) is 15.3. The fraction of sp³-hybridized carbons (Fsp3) is 0.600. The lowest BCUT2D eigenvalue weighted by molar-refractivity contribution is -0.126. The summed E-state index contributed by atoms with van der Waals surface area (Å²) in [6.07, 6.45) is 1.81. The highest BCUT2D eigenvalue weighted by molar-refractivity contribution is 5.88. The van der Waals surface area contributed by atoms with Gasteiger partial charge in [0.15, 0.2) is 0 Å². The highest BCUT2D eigenvalue weighted by Gasteiger charge is 2.21. The first kappa shape index (κ1) is 16.3.